The largest absolute Gasteiger partial charge is 0.460 e. The van der Waals surface area contributed by atoms with E-state index in [0.29, 0.717) is 6.04 Å². The lowest BCUT2D eigenvalue weighted by molar-refractivity contribution is -0.161. The second kappa shape index (κ2) is 5.83. The Balaban J connectivity index is 2.52. The van der Waals surface area contributed by atoms with E-state index in [-0.39, 0.29) is 17.5 Å². The average Bonchev–Trinajstić information content (AvgIpc) is 2.26. The summed E-state index contributed by atoms with van der Waals surface area (Å²) in [6.45, 7) is 10.6. The summed E-state index contributed by atoms with van der Waals surface area (Å²) in [5.74, 6) is -0.0822. The van der Waals surface area contributed by atoms with Gasteiger partial charge in [-0.1, -0.05) is 6.92 Å². The summed E-state index contributed by atoms with van der Waals surface area (Å²) < 4.78 is 5.44. The number of nitrogens with one attached hydrogen (secondary N) is 1. The lowest BCUT2D eigenvalue weighted by Crippen LogP contribution is -2.50. The molecule has 1 saturated heterocycles. The van der Waals surface area contributed by atoms with Crippen molar-refractivity contribution < 1.29 is 9.53 Å². The first kappa shape index (κ1) is 14.5. The summed E-state index contributed by atoms with van der Waals surface area (Å²) in [7, 11) is 2.10. The first-order chi connectivity index (χ1) is 7.83. The van der Waals surface area contributed by atoms with Crippen molar-refractivity contribution in [1.29, 1.82) is 0 Å². The molecule has 1 rings (SSSR count). The summed E-state index contributed by atoms with van der Waals surface area (Å²) in [5, 5.41) is 3.32. The third-order valence-electron chi connectivity index (χ3n) is 3.19. The second-order valence-electron chi connectivity index (χ2n) is 5.85. The smallest absolute Gasteiger partial charge is 0.310 e. The normalized spacial score (nSPS) is 26.0. The minimum absolute atomic E-state index is 0.0121. The lowest BCUT2D eigenvalue weighted by atomic mass is 9.94. The number of ether oxygens (including phenoxy) is 1. The van der Waals surface area contributed by atoms with E-state index < -0.39 is 0 Å². The molecule has 1 aliphatic heterocycles. The van der Waals surface area contributed by atoms with E-state index in [1.54, 1.807) is 0 Å². The summed E-state index contributed by atoms with van der Waals surface area (Å²) in [4.78, 5) is 14.3. The fourth-order valence-corrected chi connectivity index (χ4v) is 2.08. The maximum absolute atomic E-state index is 12.0. The first-order valence-electron chi connectivity index (χ1n) is 6.47. The summed E-state index contributed by atoms with van der Waals surface area (Å²) in [6.07, 6.45) is 0.895. The van der Waals surface area contributed by atoms with Gasteiger partial charge < -0.3 is 15.0 Å². The lowest BCUT2D eigenvalue weighted by Gasteiger charge is -2.35. The van der Waals surface area contributed by atoms with Crippen molar-refractivity contribution in [3.63, 3.8) is 0 Å². The van der Waals surface area contributed by atoms with E-state index in [2.05, 4.69) is 24.2 Å². The molecule has 0 aromatic carbocycles. The zero-order valence-corrected chi connectivity index (χ0v) is 11.7. The molecule has 0 aromatic heterocycles. The van der Waals surface area contributed by atoms with Crippen LogP contribution in [0.2, 0.25) is 0 Å². The Labute approximate surface area is 105 Å². The molecule has 0 bridgehead atoms. The molecule has 17 heavy (non-hydrogen) atoms. The number of likely N-dealkylation sites (N-methyl/N-ethyl adjacent to an activating group) is 1. The quantitative estimate of drug-likeness (QED) is 0.757. The number of esters is 1. The van der Waals surface area contributed by atoms with Crippen molar-refractivity contribution in [3.8, 4) is 0 Å². The van der Waals surface area contributed by atoms with Crippen LogP contribution in [0.1, 0.15) is 34.1 Å². The molecule has 0 radical (unpaired) electrons. The number of nitrogens with zero attached hydrogens (tertiary/aromatic N) is 1. The average molecular weight is 242 g/mol. The highest BCUT2D eigenvalue weighted by molar-refractivity contribution is 5.73. The van der Waals surface area contributed by atoms with Gasteiger partial charge in [0.15, 0.2) is 0 Å². The number of carbonyl (C=O) groups excluding carboxylic acids is 1. The van der Waals surface area contributed by atoms with Crippen LogP contribution in [0.15, 0.2) is 0 Å². The molecule has 1 N–H and O–H groups in total. The fourth-order valence-electron chi connectivity index (χ4n) is 2.08. The standard InChI is InChI=1S/C13H26N2O2/c1-6-15(5)11-7-10(8-14-9-11)12(16)17-13(2,3)4/h10-11,14H,6-9H2,1-5H3/t10-,11-/m0/s1. The third kappa shape index (κ3) is 4.64. The van der Waals surface area contributed by atoms with Crippen LogP contribution in [0.3, 0.4) is 0 Å². The van der Waals surface area contributed by atoms with Crippen LogP contribution in [0.4, 0.5) is 0 Å². The van der Waals surface area contributed by atoms with Crippen LogP contribution in [0, 0.1) is 5.92 Å². The Bertz CT molecular complexity index is 261. The van der Waals surface area contributed by atoms with Gasteiger partial charge in [-0.3, -0.25) is 4.79 Å². The van der Waals surface area contributed by atoms with Crippen molar-refractivity contribution in [2.24, 2.45) is 5.92 Å². The van der Waals surface area contributed by atoms with Gasteiger partial charge >= 0.3 is 5.97 Å². The van der Waals surface area contributed by atoms with E-state index in [4.69, 9.17) is 4.74 Å². The molecule has 1 aliphatic rings. The summed E-state index contributed by atoms with van der Waals surface area (Å²) in [6, 6.07) is 0.436. The summed E-state index contributed by atoms with van der Waals surface area (Å²) in [5.41, 5.74) is -0.388. The molecule has 1 heterocycles. The predicted molar refractivity (Wildman–Crippen MR) is 68.9 cm³/mol. The molecule has 0 saturated carbocycles. The first-order valence-corrected chi connectivity index (χ1v) is 6.47. The van der Waals surface area contributed by atoms with Crippen molar-refractivity contribution in [2.45, 2.75) is 45.8 Å². The van der Waals surface area contributed by atoms with E-state index in [1.807, 2.05) is 20.8 Å². The van der Waals surface area contributed by atoms with Crippen molar-refractivity contribution >= 4 is 5.97 Å². The number of carbonyl (C=O) groups is 1. The predicted octanol–water partition coefficient (Wildman–Crippen LogP) is 1.26. The molecule has 1 fully saturated rings. The van der Waals surface area contributed by atoms with Gasteiger partial charge in [-0.15, -0.1) is 0 Å². The van der Waals surface area contributed by atoms with E-state index in [0.717, 1.165) is 26.1 Å². The third-order valence-corrected chi connectivity index (χ3v) is 3.19. The number of rotatable bonds is 3. The molecule has 0 amide bonds. The number of piperidine rings is 1. The molecule has 0 unspecified atom stereocenters. The van der Waals surface area contributed by atoms with E-state index >= 15 is 0 Å². The van der Waals surface area contributed by atoms with Crippen LogP contribution in [0.5, 0.6) is 0 Å². The number of hydrogen-bond donors (Lipinski definition) is 1. The van der Waals surface area contributed by atoms with Gasteiger partial charge in [0.05, 0.1) is 5.92 Å². The van der Waals surface area contributed by atoms with Gasteiger partial charge in [0.1, 0.15) is 5.60 Å². The highest BCUT2D eigenvalue weighted by Crippen LogP contribution is 2.19. The van der Waals surface area contributed by atoms with E-state index in [1.165, 1.54) is 0 Å². The second-order valence-corrected chi connectivity index (χ2v) is 5.85. The van der Waals surface area contributed by atoms with Gasteiger partial charge in [0.2, 0.25) is 0 Å². The molecule has 4 nitrogen and oxygen atoms in total. The Morgan fingerprint density at radius 3 is 2.59 bits per heavy atom. The van der Waals surface area contributed by atoms with Gasteiger partial charge in [0.25, 0.3) is 0 Å². The van der Waals surface area contributed by atoms with Gasteiger partial charge in [-0.25, -0.2) is 0 Å². The van der Waals surface area contributed by atoms with Crippen molar-refractivity contribution in [3.05, 3.63) is 0 Å². The minimum atomic E-state index is -0.388. The zero-order valence-electron chi connectivity index (χ0n) is 11.7. The van der Waals surface area contributed by atoms with Gasteiger partial charge in [-0.05, 0) is 40.8 Å². The molecule has 4 heteroatoms. The van der Waals surface area contributed by atoms with Gasteiger partial charge in [-0.2, -0.15) is 0 Å². The zero-order chi connectivity index (χ0) is 13.1. The SMILES string of the molecule is CCN(C)[C@@H]1CNC[C@@H](C(=O)OC(C)(C)C)C1. The Morgan fingerprint density at radius 2 is 2.06 bits per heavy atom. The molecule has 0 aromatic rings. The maximum Gasteiger partial charge on any atom is 0.310 e. The molecule has 2 atom stereocenters. The van der Waals surface area contributed by atoms with Crippen LogP contribution in [-0.4, -0.2) is 49.2 Å². The van der Waals surface area contributed by atoms with Crippen LogP contribution < -0.4 is 5.32 Å². The highest BCUT2D eigenvalue weighted by atomic mass is 16.6. The minimum Gasteiger partial charge on any atom is -0.460 e. The highest BCUT2D eigenvalue weighted by Gasteiger charge is 2.31. The topological polar surface area (TPSA) is 41.6 Å². The number of hydrogen-bond acceptors (Lipinski definition) is 4. The Morgan fingerprint density at radius 1 is 1.41 bits per heavy atom. The maximum atomic E-state index is 12.0. The Kier molecular flexibility index (Phi) is 4.95. The Hall–Kier alpha value is -0.610. The molecule has 0 spiro atoms. The van der Waals surface area contributed by atoms with Crippen LogP contribution in [0.25, 0.3) is 0 Å². The van der Waals surface area contributed by atoms with Crippen LogP contribution in [-0.2, 0) is 9.53 Å². The molecular weight excluding hydrogens is 216 g/mol. The van der Waals surface area contributed by atoms with Gasteiger partial charge in [0, 0.05) is 19.1 Å². The summed E-state index contributed by atoms with van der Waals surface area (Å²) >= 11 is 0. The monoisotopic (exact) mass is 242 g/mol. The van der Waals surface area contributed by atoms with E-state index in [9.17, 15) is 4.79 Å². The fraction of sp³-hybridized carbons (Fsp3) is 0.923. The van der Waals surface area contributed by atoms with Crippen LogP contribution >= 0.6 is 0 Å². The van der Waals surface area contributed by atoms with Crippen molar-refractivity contribution in [2.75, 3.05) is 26.7 Å². The van der Waals surface area contributed by atoms with Crippen molar-refractivity contribution in [1.82, 2.24) is 10.2 Å². The molecule has 100 valence electrons. The molecule has 0 aliphatic carbocycles. The molecular formula is C13H26N2O2.